The van der Waals surface area contributed by atoms with E-state index >= 15 is 0 Å². The Labute approximate surface area is 115 Å². The zero-order valence-corrected chi connectivity index (χ0v) is 11.2. The SMILES string of the molecule is CC(C)NC(=O)CNc1ccc(C(N)=O)cc1[N+](=O)[O-]. The van der Waals surface area contributed by atoms with Crippen molar-refractivity contribution in [3.05, 3.63) is 33.9 Å². The minimum atomic E-state index is -0.753. The van der Waals surface area contributed by atoms with Gasteiger partial charge >= 0.3 is 0 Å². The van der Waals surface area contributed by atoms with Gasteiger partial charge in [0.05, 0.1) is 11.5 Å². The van der Waals surface area contributed by atoms with Crippen molar-refractivity contribution in [2.75, 3.05) is 11.9 Å². The van der Waals surface area contributed by atoms with E-state index in [1.807, 2.05) is 13.8 Å². The van der Waals surface area contributed by atoms with E-state index < -0.39 is 10.8 Å². The lowest BCUT2D eigenvalue weighted by Crippen LogP contribution is -2.34. The van der Waals surface area contributed by atoms with Crippen LogP contribution in [-0.2, 0) is 4.79 Å². The van der Waals surface area contributed by atoms with Crippen LogP contribution in [-0.4, -0.2) is 29.3 Å². The fourth-order valence-corrected chi connectivity index (χ4v) is 1.53. The molecule has 0 aliphatic carbocycles. The van der Waals surface area contributed by atoms with Gasteiger partial charge in [-0.25, -0.2) is 0 Å². The Balaban J connectivity index is 2.87. The summed E-state index contributed by atoms with van der Waals surface area (Å²) in [7, 11) is 0. The number of rotatable bonds is 6. The third-order valence-corrected chi connectivity index (χ3v) is 2.37. The zero-order chi connectivity index (χ0) is 15.3. The molecule has 1 aromatic rings. The molecule has 108 valence electrons. The molecule has 1 aromatic carbocycles. The number of primary amides is 1. The van der Waals surface area contributed by atoms with Crippen LogP contribution in [0.5, 0.6) is 0 Å². The smallest absolute Gasteiger partial charge is 0.293 e. The van der Waals surface area contributed by atoms with Gasteiger partial charge in [-0.2, -0.15) is 0 Å². The molecule has 20 heavy (non-hydrogen) atoms. The number of carbonyl (C=O) groups excluding carboxylic acids is 2. The van der Waals surface area contributed by atoms with Crippen molar-refractivity contribution in [2.24, 2.45) is 5.73 Å². The first-order valence-electron chi connectivity index (χ1n) is 5.92. The molecule has 8 nitrogen and oxygen atoms in total. The standard InChI is InChI=1S/C12H16N4O4/c1-7(2)15-11(17)6-14-9-4-3-8(12(13)18)5-10(9)16(19)20/h3-5,7,14H,6H2,1-2H3,(H2,13,18)(H,15,17). The molecule has 2 amide bonds. The van der Waals surface area contributed by atoms with Gasteiger partial charge in [-0.1, -0.05) is 0 Å². The molecule has 0 aliphatic heterocycles. The lowest BCUT2D eigenvalue weighted by Gasteiger charge is -2.10. The summed E-state index contributed by atoms with van der Waals surface area (Å²) >= 11 is 0. The minimum absolute atomic E-state index is 0.0171. The molecule has 0 spiro atoms. The molecule has 1 rings (SSSR count). The Morgan fingerprint density at radius 2 is 2.05 bits per heavy atom. The number of nitro benzene ring substituents is 1. The number of amides is 2. The summed E-state index contributed by atoms with van der Waals surface area (Å²) in [5, 5.41) is 16.2. The van der Waals surface area contributed by atoms with Crippen LogP contribution >= 0.6 is 0 Å². The van der Waals surface area contributed by atoms with Gasteiger partial charge in [-0.15, -0.1) is 0 Å². The van der Waals surface area contributed by atoms with Crippen LogP contribution in [0.3, 0.4) is 0 Å². The number of nitro groups is 1. The maximum Gasteiger partial charge on any atom is 0.293 e. The van der Waals surface area contributed by atoms with Crippen LogP contribution in [0.2, 0.25) is 0 Å². The zero-order valence-electron chi connectivity index (χ0n) is 11.2. The Kier molecular flexibility index (Phi) is 5.01. The molecule has 0 saturated carbocycles. The molecule has 0 unspecified atom stereocenters. The molecule has 0 saturated heterocycles. The first kappa shape index (κ1) is 15.4. The molecule has 0 bridgehead atoms. The first-order valence-corrected chi connectivity index (χ1v) is 5.92. The first-order chi connectivity index (χ1) is 9.31. The van der Waals surface area contributed by atoms with E-state index in [4.69, 9.17) is 5.73 Å². The number of benzene rings is 1. The molecule has 0 heterocycles. The van der Waals surface area contributed by atoms with E-state index in [0.717, 1.165) is 6.07 Å². The summed E-state index contributed by atoms with van der Waals surface area (Å²) in [4.78, 5) is 32.7. The van der Waals surface area contributed by atoms with Gasteiger partial charge in [0.15, 0.2) is 0 Å². The predicted molar refractivity (Wildman–Crippen MR) is 73.4 cm³/mol. The van der Waals surface area contributed by atoms with Crippen molar-refractivity contribution in [2.45, 2.75) is 19.9 Å². The van der Waals surface area contributed by atoms with Crippen LogP contribution in [0.4, 0.5) is 11.4 Å². The molecule has 0 aliphatic rings. The molecule has 4 N–H and O–H groups in total. The van der Waals surface area contributed by atoms with Crippen molar-refractivity contribution < 1.29 is 14.5 Å². The van der Waals surface area contributed by atoms with E-state index in [1.165, 1.54) is 12.1 Å². The molecular weight excluding hydrogens is 264 g/mol. The molecule has 0 atom stereocenters. The summed E-state index contributed by atoms with van der Waals surface area (Å²) in [5.74, 6) is -1.04. The van der Waals surface area contributed by atoms with Gasteiger partial charge in [0.1, 0.15) is 5.69 Å². The van der Waals surface area contributed by atoms with E-state index in [0.29, 0.717) is 0 Å². The fourth-order valence-electron chi connectivity index (χ4n) is 1.53. The third-order valence-electron chi connectivity index (χ3n) is 2.37. The number of hydrogen-bond acceptors (Lipinski definition) is 5. The van der Waals surface area contributed by atoms with Gasteiger partial charge in [0.25, 0.3) is 5.69 Å². The highest BCUT2D eigenvalue weighted by Crippen LogP contribution is 2.25. The lowest BCUT2D eigenvalue weighted by molar-refractivity contribution is -0.384. The van der Waals surface area contributed by atoms with Gasteiger partial charge in [-0.3, -0.25) is 19.7 Å². The largest absolute Gasteiger partial charge is 0.371 e. The number of nitrogens with one attached hydrogen (secondary N) is 2. The second-order valence-electron chi connectivity index (χ2n) is 4.43. The Bertz CT molecular complexity index is 542. The number of nitrogens with two attached hydrogens (primary N) is 1. The summed E-state index contributed by atoms with van der Waals surface area (Å²) in [6, 6.07) is 3.76. The van der Waals surface area contributed by atoms with E-state index in [1.54, 1.807) is 0 Å². The van der Waals surface area contributed by atoms with Crippen LogP contribution < -0.4 is 16.4 Å². The average molecular weight is 280 g/mol. The van der Waals surface area contributed by atoms with Crippen LogP contribution in [0, 0.1) is 10.1 Å². The molecule has 8 heteroatoms. The predicted octanol–water partition coefficient (Wildman–Crippen LogP) is 0.630. The second-order valence-corrected chi connectivity index (χ2v) is 4.43. The number of carbonyl (C=O) groups is 2. The van der Waals surface area contributed by atoms with Gasteiger partial charge in [-0.05, 0) is 26.0 Å². The number of anilines is 1. The molecule has 0 aromatic heterocycles. The van der Waals surface area contributed by atoms with Crippen LogP contribution in [0.15, 0.2) is 18.2 Å². The summed E-state index contributed by atoms with van der Waals surface area (Å²) in [6.07, 6.45) is 0. The minimum Gasteiger partial charge on any atom is -0.371 e. The average Bonchev–Trinajstić information content (AvgIpc) is 2.35. The summed E-state index contributed by atoms with van der Waals surface area (Å²) in [5.41, 5.74) is 4.94. The molecule has 0 fully saturated rings. The van der Waals surface area contributed by atoms with Crippen molar-refractivity contribution in [3.8, 4) is 0 Å². The van der Waals surface area contributed by atoms with E-state index in [9.17, 15) is 19.7 Å². The highest BCUT2D eigenvalue weighted by atomic mass is 16.6. The van der Waals surface area contributed by atoms with Crippen molar-refractivity contribution in [1.29, 1.82) is 0 Å². The van der Waals surface area contributed by atoms with Crippen molar-refractivity contribution in [3.63, 3.8) is 0 Å². The van der Waals surface area contributed by atoms with Gasteiger partial charge < -0.3 is 16.4 Å². The topological polar surface area (TPSA) is 127 Å². The summed E-state index contributed by atoms with van der Waals surface area (Å²) in [6.45, 7) is 3.51. The summed E-state index contributed by atoms with van der Waals surface area (Å²) < 4.78 is 0. The normalized spacial score (nSPS) is 10.2. The Morgan fingerprint density at radius 1 is 1.40 bits per heavy atom. The van der Waals surface area contributed by atoms with E-state index in [-0.39, 0.29) is 35.4 Å². The highest BCUT2D eigenvalue weighted by Gasteiger charge is 2.17. The third kappa shape index (κ3) is 4.23. The molecular formula is C12H16N4O4. The highest BCUT2D eigenvalue weighted by molar-refractivity contribution is 5.94. The Hall–Kier alpha value is -2.64. The van der Waals surface area contributed by atoms with Crippen LogP contribution in [0.25, 0.3) is 0 Å². The monoisotopic (exact) mass is 280 g/mol. The fraction of sp³-hybridized carbons (Fsp3) is 0.333. The van der Waals surface area contributed by atoms with Gasteiger partial charge in [0, 0.05) is 17.7 Å². The molecule has 0 radical (unpaired) electrons. The quantitative estimate of drug-likeness (QED) is 0.520. The lowest BCUT2D eigenvalue weighted by atomic mass is 10.1. The number of nitrogens with zero attached hydrogens (tertiary/aromatic N) is 1. The maximum absolute atomic E-state index is 11.5. The van der Waals surface area contributed by atoms with Gasteiger partial charge in [0.2, 0.25) is 11.8 Å². The Morgan fingerprint density at radius 3 is 2.55 bits per heavy atom. The maximum atomic E-state index is 11.5. The van der Waals surface area contributed by atoms with E-state index in [2.05, 4.69) is 10.6 Å². The van der Waals surface area contributed by atoms with Crippen molar-refractivity contribution in [1.82, 2.24) is 5.32 Å². The second kappa shape index (κ2) is 6.50. The van der Waals surface area contributed by atoms with Crippen molar-refractivity contribution >= 4 is 23.2 Å². The number of hydrogen-bond donors (Lipinski definition) is 3. The van der Waals surface area contributed by atoms with Crippen LogP contribution in [0.1, 0.15) is 24.2 Å².